The van der Waals surface area contributed by atoms with Gasteiger partial charge >= 0.3 is 0 Å². The Morgan fingerprint density at radius 3 is 2.50 bits per heavy atom. The van der Waals surface area contributed by atoms with Crippen LogP contribution in [0.5, 0.6) is 0 Å². The lowest BCUT2D eigenvalue weighted by atomic mass is 9.69. The molecule has 1 saturated carbocycles. The van der Waals surface area contributed by atoms with E-state index in [-0.39, 0.29) is 0 Å². The summed E-state index contributed by atoms with van der Waals surface area (Å²) in [4.78, 5) is 5.33. The third-order valence-corrected chi connectivity index (χ3v) is 5.80. The highest BCUT2D eigenvalue weighted by atomic mass is 15.3. The molecule has 3 atom stereocenters. The van der Waals surface area contributed by atoms with Crippen molar-refractivity contribution in [3.63, 3.8) is 0 Å². The third-order valence-electron chi connectivity index (χ3n) is 5.80. The van der Waals surface area contributed by atoms with Gasteiger partial charge in [-0.2, -0.15) is 0 Å². The Morgan fingerprint density at radius 1 is 1.25 bits per heavy atom. The standard InChI is InChI=1S/C17H35N3/c1-4-16(3)20-10-8-19(9-11-20)14-17(13-18)7-5-6-15(2)12-17/h15-16H,4-14,18H2,1-3H3. The molecule has 3 unspecified atom stereocenters. The lowest BCUT2D eigenvalue weighted by Crippen LogP contribution is -2.53. The summed E-state index contributed by atoms with van der Waals surface area (Å²) in [6.07, 6.45) is 6.74. The maximum Gasteiger partial charge on any atom is 0.0113 e. The molecule has 0 spiro atoms. The average molecular weight is 281 g/mol. The Labute approximate surface area is 125 Å². The first-order valence-electron chi connectivity index (χ1n) is 8.75. The van der Waals surface area contributed by atoms with Gasteiger partial charge in [0.25, 0.3) is 0 Å². The van der Waals surface area contributed by atoms with Crippen molar-refractivity contribution in [1.29, 1.82) is 0 Å². The summed E-state index contributed by atoms with van der Waals surface area (Å²) in [5.41, 5.74) is 6.59. The van der Waals surface area contributed by atoms with E-state index in [9.17, 15) is 0 Å². The molecule has 0 bridgehead atoms. The second-order valence-electron chi connectivity index (χ2n) is 7.48. The van der Waals surface area contributed by atoms with Crippen molar-refractivity contribution in [1.82, 2.24) is 9.80 Å². The number of piperazine rings is 1. The van der Waals surface area contributed by atoms with Crippen molar-refractivity contribution in [2.75, 3.05) is 39.3 Å². The first-order valence-corrected chi connectivity index (χ1v) is 8.75. The highest BCUT2D eigenvalue weighted by Crippen LogP contribution is 2.39. The van der Waals surface area contributed by atoms with E-state index >= 15 is 0 Å². The summed E-state index contributed by atoms with van der Waals surface area (Å²) < 4.78 is 0. The van der Waals surface area contributed by atoms with Crippen LogP contribution in [-0.2, 0) is 0 Å². The Hall–Kier alpha value is -0.120. The molecule has 3 nitrogen and oxygen atoms in total. The van der Waals surface area contributed by atoms with E-state index in [0.717, 1.165) is 18.5 Å². The summed E-state index contributed by atoms with van der Waals surface area (Å²) in [5, 5.41) is 0. The van der Waals surface area contributed by atoms with Crippen molar-refractivity contribution in [2.24, 2.45) is 17.1 Å². The molecule has 0 radical (unpaired) electrons. The monoisotopic (exact) mass is 281 g/mol. The Balaban J connectivity index is 1.84. The summed E-state index contributed by atoms with van der Waals surface area (Å²) in [6, 6.07) is 0.746. The van der Waals surface area contributed by atoms with Crippen molar-refractivity contribution >= 4 is 0 Å². The fourth-order valence-corrected chi connectivity index (χ4v) is 4.26. The molecule has 3 heteroatoms. The lowest BCUT2D eigenvalue weighted by molar-refractivity contribution is 0.0432. The van der Waals surface area contributed by atoms with Gasteiger partial charge in [-0.15, -0.1) is 0 Å². The van der Waals surface area contributed by atoms with Gasteiger partial charge in [-0.1, -0.05) is 26.7 Å². The third kappa shape index (κ3) is 3.96. The van der Waals surface area contributed by atoms with Gasteiger partial charge in [0, 0.05) is 38.8 Å². The normalized spacial score (nSPS) is 35.1. The van der Waals surface area contributed by atoms with Crippen molar-refractivity contribution in [2.45, 2.75) is 58.9 Å². The van der Waals surface area contributed by atoms with Gasteiger partial charge in [-0.05, 0) is 44.1 Å². The minimum atomic E-state index is 0.413. The Morgan fingerprint density at radius 2 is 1.95 bits per heavy atom. The zero-order chi connectivity index (χ0) is 14.6. The van der Waals surface area contributed by atoms with E-state index in [0.29, 0.717) is 5.41 Å². The molecule has 2 rings (SSSR count). The first-order chi connectivity index (χ1) is 9.58. The molecule has 1 aliphatic carbocycles. The highest BCUT2D eigenvalue weighted by Gasteiger charge is 2.36. The number of nitrogens with two attached hydrogens (primary N) is 1. The molecule has 1 heterocycles. The van der Waals surface area contributed by atoms with Crippen LogP contribution in [0.15, 0.2) is 0 Å². The molecule has 20 heavy (non-hydrogen) atoms. The fourth-order valence-electron chi connectivity index (χ4n) is 4.26. The summed E-state index contributed by atoms with van der Waals surface area (Å²) >= 11 is 0. The average Bonchev–Trinajstić information content (AvgIpc) is 2.47. The van der Waals surface area contributed by atoms with Gasteiger partial charge in [-0.3, -0.25) is 4.90 Å². The summed E-state index contributed by atoms with van der Waals surface area (Å²) in [7, 11) is 0. The van der Waals surface area contributed by atoms with Crippen LogP contribution in [0, 0.1) is 11.3 Å². The second-order valence-corrected chi connectivity index (χ2v) is 7.48. The maximum atomic E-state index is 6.18. The minimum Gasteiger partial charge on any atom is -0.330 e. The van der Waals surface area contributed by atoms with E-state index in [1.807, 2.05) is 0 Å². The van der Waals surface area contributed by atoms with Crippen LogP contribution in [0.4, 0.5) is 0 Å². The molecule has 2 N–H and O–H groups in total. The highest BCUT2D eigenvalue weighted by molar-refractivity contribution is 4.90. The fraction of sp³-hybridized carbons (Fsp3) is 1.00. The SMILES string of the molecule is CCC(C)N1CCN(CC2(CN)CCCC(C)C2)CC1. The number of hydrogen-bond donors (Lipinski definition) is 1. The zero-order valence-corrected chi connectivity index (χ0v) is 13.9. The largest absolute Gasteiger partial charge is 0.330 e. The Bertz CT molecular complexity index is 286. The van der Waals surface area contributed by atoms with Crippen molar-refractivity contribution in [3.8, 4) is 0 Å². The zero-order valence-electron chi connectivity index (χ0n) is 13.9. The van der Waals surface area contributed by atoms with Gasteiger partial charge in [0.1, 0.15) is 0 Å². The van der Waals surface area contributed by atoms with Crippen LogP contribution >= 0.6 is 0 Å². The van der Waals surface area contributed by atoms with Gasteiger partial charge < -0.3 is 10.6 Å². The summed E-state index contributed by atoms with van der Waals surface area (Å²) in [5.74, 6) is 0.869. The Kier molecular flexibility index (Phi) is 5.88. The number of nitrogens with zero attached hydrogens (tertiary/aromatic N) is 2. The van der Waals surface area contributed by atoms with Crippen LogP contribution in [0.25, 0.3) is 0 Å². The first kappa shape index (κ1) is 16.3. The second kappa shape index (κ2) is 7.24. The minimum absolute atomic E-state index is 0.413. The molecule has 0 aromatic rings. The molecular formula is C17H35N3. The molecule has 2 fully saturated rings. The number of rotatable bonds is 5. The molecule has 1 aliphatic heterocycles. The topological polar surface area (TPSA) is 32.5 Å². The smallest absolute Gasteiger partial charge is 0.0113 e. The quantitative estimate of drug-likeness (QED) is 0.840. The molecule has 1 saturated heterocycles. The molecule has 0 amide bonds. The van der Waals surface area contributed by atoms with E-state index in [2.05, 4.69) is 30.6 Å². The lowest BCUT2D eigenvalue weighted by Gasteiger charge is -2.45. The van der Waals surface area contributed by atoms with E-state index in [1.54, 1.807) is 0 Å². The van der Waals surface area contributed by atoms with Crippen molar-refractivity contribution < 1.29 is 0 Å². The van der Waals surface area contributed by atoms with Crippen LogP contribution in [0.1, 0.15) is 52.9 Å². The van der Waals surface area contributed by atoms with E-state index in [4.69, 9.17) is 5.73 Å². The van der Waals surface area contributed by atoms with Gasteiger partial charge in [0.15, 0.2) is 0 Å². The maximum absolute atomic E-state index is 6.18. The van der Waals surface area contributed by atoms with E-state index < -0.39 is 0 Å². The number of hydrogen-bond acceptors (Lipinski definition) is 3. The van der Waals surface area contributed by atoms with Crippen molar-refractivity contribution in [3.05, 3.63) is 0 Å². The van der Waals surface area contributed by atoms with E-state index in [1.165, 1.54) is 64.8 Å². The molecule has 118 valence electrons. The molecule has 0 aromatic heterocycles. The van der Waals surface area contributed by atoms with Gasteiger partial charge in [0.2, 0.25) is 0 Å². The molecule has 2 aliphatic rings. The van der Waals surface area contributed by atoms with Crippen LogP contribution in [0.3, 0.4) is 0 Å². The predicted molar refractivity (Wildman–Crippen MR) is 86.9 cm³/mol. The predicted octanol–water partition coefficient (Wildman–Crippen LogP) is 2.56. The van der Waals surface area contributed by atoms with Gasteiger partial charge in [-0.25, -0.2) is 0 Å². The molecular weight excluding hydrogens is 246 g/mol. The van der Waals surface area contributed by atoms with Crippen LogP contribution in [0.2, 0.25) is 0 Å². The molecule has 0 aromatic carbocycles. The summed E-state index contributed by atoms with van der Waals surface area (Å²) in [6.45, 7) is 14.1. The van der Waals surface area contributed by atoms with Crippen LogP contribution < -0.4 is 5.73 Å². The van der Waals surface area contributed by atoms with Gasteiger partial charge in [0.05, 0.1) is 0 Å². The van der Waals surface area contributed by atoms with Crippen LogP contribution in [-0.4, -0.2) is 55.1 Å².